The molecule has 0 aliphatic heterocycles. The summed E-state index contributed by atoms with van der Waals surface area (Å²) < 4.78 is 24.4. The average Bonchev–Trinajstić information content (AvgIpc) is 2.34. The molecule has 106 valence electrons. The molecule has 0 aliphatic rings. The molecular formula is C10H16N4O4S. The van der Waals surface area contributed by atoms with Gasteiger partial charge in [0.2, 0.25) is 10.0 Å². The van der Waals surface area contributed by atoms with Crippen molar-refractivity contribution in [3.8, 4) is 0 Å². The molecule has 1 unspecified atom stereocenters. The van der Waals surface area contributed by atoms with Gasteiger partial charge in [-0.05, 0) is 6.42 Å². The lowest BCUT2D eigenvalue weighted by molar-refractivity contribution is 0.0690. The zero-order chi connectivity index (χ0) is 14.5. The number of rotatable bonds is 7. The number of carboxylic acids is 1. The molecule has 1 heterocycles. The Labute approximate surface area is 111 Å². The van der Waals surface area contributed by atoms with E-state index >= 15 is 0 Å². The van der Waals surface area contributed by atoms with Crippen molar-refractivity contribution in [1.82, 2.24) is 14.7 Å². The number of hydrogen-bond acceptors (Lipinski definition) is 6. The van der Waals surface area contributed by atoms with Crippen molar-refractivity contribution < 1.29 is 18.3 Å². The van der Waals surface area contributed by atoms with Crippen LogP contribution in [0.3, 0.4) is 0 Å². The standard InChI is InChI=1S/C10H16N4O4S/c1-3-7(4-13-19(2,17)18)14-9-6-11-8(5-12-9)10(15)16/h5-7,13H,3-4H2,1-2H3,(H,12,14)(H,15,16). The van der Waals surface area contributed by atoms with Gasteiger partial charge >= 0.3 is 5.97 Å². The highest BCUT2D eigenvalue weighted by atomic mass is 32.2. The quantitative estimate of drug-likeness (QED) is 0.641. The van der Waals surface area contributed by atoms with Crippen LogP contribution < -0.4 is 10.0 Å². The third-order valence-corrected chi connectivity index (χ3v) is 3.00. The van der Waals surface area contributed by atoms with Crippen LogP contribution in [0.2, 0.25) is 0 Å². The van der Waals surface area contributed by atoms with Gasteiger partial charge in [0.05, 0.1) is 18.6 Å². The highest BCUT2D eigenvalue weighted by Gasteiger charge is 2.11. The SMILES string of the molecule is CCC(CNS(C)(=O)=O)Nc1cnc(C(=O)O)cn1. The molecule has 9 heteroatoms. The van der Waals surface area contributed by atoms with Crippen molar-refractivity contribution in [3.05, 3.63) is 18.1 Å². The van der Waals surface area contributed by atoms with E-state index in [0.717, 1.165) is 12.5 Å². The highest BCUT2D eigenvalue weighted by molar-refractivity contribution is 7.88. The summed E-state index contributed by atoms with van der Waals surface area (Å²) in [6.07, 6.45) is 4.19. The van der Waals surface area contributed by atoms with E-state index in [2.05, 4.69) is 20.0 Å². The number of nitrogens with zero attached hydrogens (tertiary/aromatic N) is 2. The first-order valence-corrected chi connectivity index (χ1v) is 7.47. The van der Waals surface area contributed by atoms with E-state index in [9.17, 15) is 13.2 Å². The molecule has 0 saturated carbocycles. The summed E-state index contributed by atoms with van der Waals surface area (Å²) in [6.45, 7) is 2.11. The Balaban J connectivity index is 2.63. The summed E-state index contributed by atoms with van der Waals surface area (Å²) in [7, 11) is -3.24. The van der Waals surface area contributed by atoms with Gasteiger partial charge in [-0.2, -0.15) is 0 Å². The highest BCUT2D eigenvalue weighted by Crippen LogP contribution is 2.05. The first-order valence-electron chi connectivity index (χ1n) is 5.58. The van der Waals surface area contributed by atoms with Gasteiger partial charge in [-0.3, -0.25) is 0 Å². The fourth-order valence-corrected chi connectivity index (χ4v) is 1.78. The zero-order valence-corrected chi connectivity index (χ0v) is 11.4. The molecule has 1 atom stereocenters. The van der Waals surface area contributed by atoms with Crippen LogP contribution in [-0.2, 0) is 10.0 Å². The second-order valence-electron chi connectivity index (χ2n) is 3.96. The lowest BCUT2D eigenvalue weighted by Gasteiger charge is -2.17. The van der Waals surface area contributed by atoms with Crippen LogP contribution in [0, 0.1) is 0 Å². The molecule has 0 aromatic carbocycles. The van der Waals surface area contributed by atoms with E-state index in [0.29, 0.717) is 12.2 Å². The van der Waals surface area contributed by atoms with E-state index < -0.39 is 16.0 Å². The van der Waals surface area contributed by atoms with Gasteiger partial charge in [0.1, 0.15) is 5.82 Å². The van der Waals surface area contributed by atoms with Gasteiger partial charge < -0.3 is 10.4 Å². The second kappa shape index (κ2) is 6.43. The molecule has 0 spiro atoms. The minimum atomic E-state index is -3.24. The van der Waals surface area contributed by atoms with Crippen LogP contribution in [0.4, 0.5) is 5.82 Å². The second-order valence-corrected chi connectivity index (χ2v) is 5.80. The molecule has 1 aromatic rings. The van der Waals surface area contributed by atoms with Crippen molar-refractivity contribution in [2.45, 2.75) is 19.4 Å². The molecule has 0 saturated heterocycles. The van der Waals surface area contributed by atoms with Gasteiger partial charge in [0, 0.05) is 12.6 Å². The molecule has 1 rings (SSSR count). The van der Waals surface area contributed by atoms with Crippen LogP contribution in [0.15, 0.2) is 12.4 Å². The van der Waals surface area contributed by atoms with Crippen LogP contribution >= 0.6 is 0 Å². The maximum absolute atomic E-state index is 11.0. The smallest absolute Gasteiger partial charge is 0.356 e. The topological polar surface area (TPSA) is 121 Å². The Kier molecular flexibility index (Phi) is 5.19. The summed E-state index contributed by atoms with van der Waals surface area (Å²) in [6, 6.07) is -0.153. The Morgan fingerprint density at radius 3 is 2.53 bits per heavy atom. The lowest BCUT2D eigenvalue weighted by atomic mass is 10.2. The van der Waals surface area contributed by atoms with Gasteiger partial charge in [0.15, 0.2) is 5.69 Å². The van der Waals surface area contributed by atoms with Crippen LogP contribution in [0.5, 0.6) is 0 Å². The normalized spacial score (nSPS) is 12.9. The van der Waals surface area contributed by atoms with E-state index in [1.807, 2.05) is 6.92 Å². The number of sulfonamides is 1. The third kappa shape index (κ3) is 5.62. The van der Waals surface area contributed by atoms with Crippen molar-refractivity contribution in [2.75, 3.05) is 18.1 Å². The molecule has 0 amide bonds. The predicted octanol–water partition coefficient (Wildman–Crippen LogP) is -0.0855. The summed E-state index contributed by atoms with van der Waals surface area (Å²) in [4.78, 5) is 18.2. The summed E-state index contributed by atoms with van der Waals surface area (Å²) in [5, 5.41) is 11.7. The van der Waals surface area contributed by atoms with Crippen LogP contribution in [-0.4, -0.2) is 48.3 Å². The number of nitrogens with one attached hydrogen (secondary N) is 2. The van der Waals surface area contributed by atoms with Crippen molar-refractivity contribution in [2.24, 2.45) is 0 Å². The first-order chi connectivity index (χ1) is 8.81. The number of anilines is 1. The molecule has 19 heavy (non-hydrogen) atoms. The molecule has 1 aromatic heterocycles. The van der Waals surface area contributed by atoms with Gasteiger partial charge in [-0.15, -0.1) is 0 Å². The molecule has 3 N–H and O–H groups in total. The average molecular weight is 288 g/mol. The Morgan fingerprint density at radius 2 is 2.11 bits per heavy atom. The van der Waals surface area contributed by atoms with Crippen molar-refractivity contribution in [1.29, 1.82) is 0 Å². The molecule has 0 fully saturated rings. The number of carboxylic acid groups (broad SMARTS) is 1. The molecule has 0 radical (unpaired) electrons. The summed E-state index contributed by atoms with van der Waals surface area (Å²) >= 11 is 0. The minimum absolute atomic E-state index is 0.146. The predicted molar refractivity (Wildman–Crippen MR) is 69.5 cm³/mol. The fourth-order valence-electron chi connectivity index (χ4n) is 1.27. The Morgan fingerprint density at radius 1 is 1.42 bits per heavy atom. The third-order valence-electron chi connectivity index (χ3n) is 2.31. The molecule has 8 nitrogen and oxygen atoms in total. The minimum Gasteiger partial charge on any atom is -0.476 e. The van der Waals surface area contributed by atoms with Gasteiger partial charge in [-0.1, -0.05) is 6.92 Å². The molecule has 0 bridgehead atoms. The van der Waals surface area contributed by atoms with Crippen LogP contribution in [0.25, 0.3) is 0 Å². The van der Waals surface area contributed by atoms with Gasteiger partial charge in [-0.25, -0.2) is 27.9 Å². The number of hydrogen-bond donors (Lipinski definition) is 3. The molecular weight excluding hydrogens is 272 g/mol. The lowest BCUT2D eigenvalue weighted by Crippen LogP contribution is -2.35. The maximum atomic E-state index is 11.0. The van der Waals surface area contributed by atoms with Crippen molar-refractivity contribution in [3.63, 3.8) is 0 Å². The summed E-state index contributed by atoms with van der Waals surface area (Å²) in [5.74, 6) is -0.753. The maximum Gasteiger partial charge on any atom is 0.356 e. The number of aromatic carboxylic acids is 1. The zero-order valence-electron chi connectivity index (χ0n) is 10.6. The van der Waals surface area contributed by atoms with Gasteiger partial charge in [0.25, 0.3) is 0 Å². The number of carbonyl (C=O) groups is 1. The fraction of sp³-hybridized carbons (Fsp3) is 0.500. The van der Waals surface area contributed by atoms with E-state index in [4.69, 9.17) is 5.11 Å². The Hall–Kier alpha value is -1.74. The molecule has 0 aliphatic carbocycles. The van der Waals surface area contributed by atoms with Crippen LogP contribution in [0.1, 0.15) is 23.8 Å². The summed E-state index contributed by atoms with van der Waals surface area (Å²) in [5.41, 5.74) is -0.146. The monoisotopic (exact) mass is 288 g/mol. The Bertz CT molecular complexity index is 529. The van der Waals surface area contributed by atoms with E-state index in [-0.39, 0.29) is 18.3 Å². The largest absolute Gasteiger partial charge is 0.476 e. The van der Waals surface area contributed by atoms with E-state index in [1.54, 1.807) is 0 Å². The number of aromatic nitrogens is 2. The van der Waals surface area contributed by atoms with Crippen molar-refractivity contribution >= 4 is 21.8 Å². The first kappa shape index (κ1) is 15.3. The van der Waals surface area contributed by atoms with E-state index in [1.165, 1.54) is 6.20 Å².